The minimum atomic E-state index is -0.509. The van der Waals surface area contributed by atoms with Crippen molar-refractivity contribution in [3.63, 3.8) is 0 Å². The van der Waals surface area contributed by atoms with E-state index in [0.717, 1.165) is 22.0 Å². The summed E-state index contributed by atoms with van der Waals surface area (Å²) in [5.41, 5.74) is 1.56. The van der Waals surface area contributed by atoms with Gasteiger partial charge in [0.25, 0.3) is 0 Å². The normalized spacial score (nSPS) is 19.2. The van der Waals surface area contributed by atoms with Gasteiger partial charge in [0, 0.05) is 11.5 Å². The van der Waals surface area contributed by atoms with Crippen molar-refractivity contribution in [2.45, 2.75) is 38.9 Å². The van der Waals surface area contributed by atoms with Gasteiger partial charge in [-0.05, 0) is 38.3 Å². The first-order valence-electron chi connectivity index (χ1n) is 6.91. The lowest BCUT2D eigenvalue weighted by molar-refractivity contribution is 0.0104. The highest BCUT2D eigenvalue weighted by Crippen LogP contribution is 2.30. The molecule has 0 aromatic heterocycles. The molecular formula is C16H24BrNO3. The number of halogens is 1. The van der Waals surface area contributed by atoms with Gasteiger partial charge < -0.3 is 14.4 Å². The van der Waals surface area contributed by atoms with E-state index < -0.39 is 5.60 Å². The van der Waals surface area contributed by atoms with E-state index in [4.69, 9.17) is 9.47 Å². The van der Waals surface area contributed by atoms with Crippen molar-refractivity contribution < 1.29 is 14.3 Å². The van der Waals surface area contributed by atoms with E-state index in [9.17, 15) is 4.79 Å². The lowest BCUT2D eigenvalue weighted by atomic mass is 9.97. The van der Waals surface area contributed by atoms with E-state index in [0.29, 0.717) is 13.2 Å². The molecule has 1 aliphatic heterocycles. The Morgan fingerprint density at radius 2 is 2.19 bits per heavy atom. The molecule has 0 aromatic carbocycles. The van der Waals surface area contributed by atoms with E-state index in [2.05, 4.69) is 29.1 Å². The molecule has 118 valence electrons. The Hall–Kier alpha value is -1.07. The van der Waals surface area contributed by atoms with Crippen molar-refractivity contribution in [1.29, 1.82) is 0 Å². The van der Waals surface area contributed by atoms with Crippen LogP contribution >= 0.6 is 15.9 Å². The number of likely N-dealkylation sites (N-methyl/N-ethyl adjacent to an activating group) is 1. The lowest BCUT2D eigenvalue weighted by Crippen LogP contribution is -2.41. The van der Waals surface area contributed by atoms with Gasteiger partial charge in [0.05, 0.1) is 13.2 Å². The summed E-state index contributed by atoms with van der Waals surface area (Å²) in [5, 5.41) is 0. The second kappa shape index (κ2) is 7.27. The second-order valence-corrected chi connectivity index (χ2v) is 6.97. The summed E-state index contributed by atoms with van der Waals surface area (Å²) in [6, 6.07) is 0. The predicted octanol–water partition coefficient (Wildman–Crippen LogP) is 4.03. The summed E-state index contributed by atoms with van der Waals surface area (Å²) < 4.78 is 12.0. The van der Waals surface area contributed by atoms with Crippen LogP contribution in [0.15, 0.2) is 34.9 Å². The van der Waals surface area contributed by atoms with Gasteiger partial charge in [-0.1, -0.05) is 35.2 Å². The fraction of sp³-hybridized carbons (Fsp3) is 0.562. The molecule has 0 spiro atoms. The Balaban J connectivity index is 2.81. The lowest BCUT2D eigenvalue weighted by Gasteiger charge is -2.31. The van der Waals surface area contributed by atoms with Crippen LogP contribution in [0.25, 0.3) is 0 Å². The fourth-order valence-corrected chi connectivity index (χ4v) is 2.52. The van der Waals surface area contributed by atoms with Crippen LogP contribution in [0.5, 0.6) is 0 Å². The molecule has 1 rings (SSSR count). The third-order valence-corrected chi connectivity index (χ3v) is 3.54. The Labute approximate surface area is 135 Å². The van der Waals surface area contributed by atoms with Crippen molar-refractivity contribution >= 4 is 22.0 Å². The summed E-state index contributed by atoms with van der Waals surface area (Å²) in [7, 11) is 1.70. The zero-order chi connectivity index (χ0) is 16.2. The number of hydrogen-bond donors (Lipinski definition) is 0. The number of amides is 1. The molecule has 0 radical (unpaired) electrons. The summed E-state index contributed by atoms with van der Waals surface area (Å²) in [4.78, 5) is 13.5. The molecule has 1 amide bonds. The van der Waals surface area contributed by atoms with Crippen molar-refractivity contribution in [3.05, 3.63) is 34.9 Å². The number of ether oxygens (including phenoxy) is 2. The Bertz CT molecular complexity index is 463. The largest absolute Gasteiger partial charge is 0.444 e. The van der Waals surface area contributed by atoms with Crippen molar-refractivity contribution in [3.8, 4) is 0 Å². The molecule has 0 aliphatic carbocycles. The zero-order valence-corrected chi connectivity index (χ0v) is 14.8. The van der Waals surface area contributed by atoms with Crippen molar-refractivity contribution in [1.82, 2.24) is 4.90 Å². The van der Waals surface area contributed by atoms with Crippen molar-refractivity contribution in [2.24, 2.45) is 0 Å². The predicted molar refractivity (Wildman–Crippen MR) is 88.5 cm³/mol. The van der Waals surface area contributed by atoms with Crippen LogP contribution in [-0.4, -0.2) is 42.9 Å². The maximum Gasteiger partial charge on any atom is 0.410 e. The van der Waals surface area contributed by atoms with Crippen LogP contribution in [0.3, 0.4) is 0 Å². The minimum absolute atomic E-state index is 0.210. The maximum atomic E-state index is 12.0. The van der Waals surface area contributed by atoms with Gasteiger partial charge in [-0.2, -0.15) is 0 Å². The summed E-state index contributed by atoms with van der Waals surface area (Å²) in [6.07, 6.45) is 1.99. The SMILES string of the molecule is C=CC1=C(C(=C)Br)CCOC1CN(C)C(=O)OC(C)(C)C. The third-order valence-electron chi connectivity index (χ3n) is 3.06. The minimum Gasteiger partial charge on any atom is -0.444 e. The van der Waals surface area contributed by atoms with E-state index in [1.165, 1.54) is 4.90 Å². The van der Waals surface area contributed by atoms with Crippen LogP contribution in [0.4, 0.5) is 4.79 Å². The summed E-state index contributed by atoms with van der Waals surface area (Å²) >= 11 is 3.42. The van der Waals surface area contributed by atoms with Gasteiger partial charge >= 0.3 is 6.09 Å². The molecule has 1 unspecified atom stereocenters. The van der Waals surface area contributed by atoms with Crippen LogP contribution in [0.1, 0.15) is 27.2 Å². The quantitative estimate of drug-likeness (QED) is 0.762. The number of rotatable bonds is 4. The Morgan fingerprint density at radius 3 is 2.67 bits per heavy atom. The highest BCUT2D eigenvalue weighted by molar-refractivity contribution is 9.11. The molecule has 21 heavy (non-hydrogen) atoms. The van der Waals surface area contributed by atoms with Gasteiger partial charge in [-0.25, -0.2) is 4.79 Å². The molecule has 0 saturated carbocycles. The zero-order valence-electron chi connectivity index (χ0n) is 13.2. The number of carbonyl (C=O) groups excluding carboxylic acids is 1. The monoisotopic (exact) mass is 357 g/mol. The first-order valence-corrected chi connectivity index (χ1v) is 7.71. The van der Waals surface area contributed by atoms with Gasteiger partial charge in [-0.15, -0.1) is 0 Å². The fourth-order valence-electron chi connectivity index (χ4n) is 2.09. The van der Waals surface area contributed by atoms with Gasteiger partial charge in [0.2, 0.25) is 0 Å². The van der Waals surface area contributed by atoms with Gasteiger partial charge in [0.1, 0.15) is 11.7 Å². The molecule has 0 aromatic rings. The third kappa shape index (κ3) is 5.32. The maximum absolute atomic E-state index is 12.0. The van der Waals surface area contributed by atoms with Crippen LogP contribution in [0.2, 0.25) is 0 Å². The van der Waals surface area contributed by atoms with E-state index >= 15 is 0 Å². The van der Waals surface area contributed by atoms with E-state index in [-0.39, 0.29) is 12.2 Å². The van der Waals surface area contributed by atoms with E-state index in [1.807, 2.05) is 20.8 Å². The van der Waals surface area contributed by atoms with Gasteiger partial charge in [0.15, 0.2) is 0 Å². The first kappa shape index (κ1) is 18.0. The number of nitrogens with zero attached hydrogens (tertiary/aromatic N) is 1. The molecule has 0 N–H and O–H groups in total. The molecule has 5 heteroatoms. The topological polar surface area (TPSA) is 38.8 Å². The Kier molecular flexibility index (Phi) is 6.23. The molecule has 4 nitrogen and oxygen atoms in total. The second-order valence-electron chi connectivity index (χ2n) is 6.01. The Morgan fingerprint density at radius 1 is 1.57 bits per heavy atom. The number of carbonyl (C=O) groups is 1. The molecule has 1 atom stereocenters. The molecular weight excluding hydrogens is 334 g/mol. The van der Waals surface area contributed by atoms with Gasteiger partial charge in [-0.3, -0.25) is 0 Å². The number of allylic oxidation sites excluding steroid dienone is 1. The molecule has 0 bridgehead atoms. The molecule has 0 fully saturated rings. The summed E-state index contributed by atoms with van der Waals surface area (Å²) in [5.74, 6) is 0. The first-order chi connectivity index (χ1) is 9.65. The average molecular weight is 358 g/mol. The molecule has 1 aliphatic rings. The van der Waals surface area contributed by atoms with Crippen molar-refractivity contribution in [2.75, 3.05) is 20.2 Å². The highest BCUT2D eigenvalue weighted by atomic mass is 79.9. The van der Waals surface area contributed by atoms with E-state index in [1.54, 1.807) is 13.1 Å². The molecule has 1 heterocycles. The van der Waals surface area contributed by atoms with Crippen LogP contribution in [-0.2, 0) is 9.47 Å². The average Bonchev–Trinajstić information content (AvgIpc) is 2.36. The highest BCUT2D eigenvalue weighted by Gasteiger charge is 2.27. The van der Waals surface area contributed by atoms with Crippen LogP contribution in [0, 0.1) is 0 Å². The smallest absolute Gasteiger partial charge is 0.410 e. The standard InChI is InChI=1S/C16H24BrNO3/c1-7-12-13(11(2)17)8-9-20-14(12)10-18(6)15(19)21-16(3,4)5/h7,14H,1-2,8-10H2,3-6H3. The molecule has 0 saturated heterocycles. The number of hydrogen-bond acceptors (Lipinski definition) is 3. The summed E-state index contributed by atoms with van der Waals surface area (Å²) in [6.45, 7) is 14.3. The van der Waals surface area contributed by atoms with Crippen LogP contribution < -0.4 is 0 Å².